The lowest BCUT2D eigenvalue weighted by atomic mass is 9.77. The molecule has 0 amide bonds. The van der Waals surface area contributed by atoms with Crippen molar-refractivity contribution in [3.63, 3.8) is 0 Å². The number of methoxy groups -OCH3 is 1. The average Bonchev–Trinajstić information content (AvgIpc) is 2.79. The van der Waals surface area contributed by atoms with E-state index in [2.05, 4.69) is 4.98 Å². The Bertz CT molecular complexity index is 666. The molecule has 1 N–H and O–H groups in total. The number of carboxylic acid groups (broad SMARTS) is 1. The van der Waals surface area contributed by atoms with Gasteiger partial charge in [-0.1, -0.05) is 13.0 Å². The van der Waals surface area contributed by atoms with Gasteiger partial charge in [-0.15, -0.1) is 0 Å². The number of alkyl halides is 5. The highest BCUT2D eigenvalue weighted by atomic mass is 19.4. The number of carbonyl (C=O) groups is 1. The monoisotopic (exact) mass is 369 g/mol. The Hall–Kier alpha value is -1.97. The molecule has 10 heteroatoms. The van der Waals surface area contributed by atoms with Crippen LogP contribution in [0.2, 0.25) is 0 Å². The van der Waals surface area contributed by atoms with Crippen LogP contribution in [0.3, 0.4) is 0 Å². The minimum absolute atomic E-state index is 0.0280. The lowest BCUT2D eigenvalue weighted by Crippen LogP contribution is -2.47. The van der Waals surface area contributed by atoms with Crippen LogP contribution in [0.25, 0.3) is 0 Å². The highest BCUT2D eigenvalue weighted by Gasteiger charge is 2.66. The molecule has 1 aromatic rings. The molecule has 1 aliphatic rings. The van der Waals surface area contributed by atoms with Gasteiger partial charge in [0, 0.05) is 17.4 Å². The summed E-state index contributed by atoms with van der Waals surface area (Å²) in [5.74, 6) is -4.54. The third-order valence-electron chi connectivity index (χ3n) is 4.60. The van der Waals surface area contributed by atoms with E-state index >= 15 is 0 Å². The molecule has 25 heavy (non-hydrogen) atoms. The molecule has 0 radical (unpaired) electrons. The first-order chi connectivity index (χ1) is 11.4. The summed E-state index contributed by atoms with van der Waals surface area (Å²) in [6.45, 7) is 1.96. The third-order valence-corrected chi connectivity index (χ3v) is 4.60. The van der Waals surface area contributed by atoms with Crippen molar-refractivity contribution in [3.05, 3.63) is 23.4 Å². The Balaban J connectivity index is 2.57. The largest absolute Gasteiger partial charge is 0.481 e. The van der Waals surface area contributed by atoms with Crippen molar-refractivity contribution in [2.24, 2.45) is 5.92 Å². The molecule has 1 aliphatic heterocycles. The highest BCUT2D eigenvalue weighted by Crippen LogP contribution is 2.54. The Morgan fingerprint density at radius 1 is 1.40 bits per heavy atom. The second kappa shape index (κ2) is 6.40. The van der Waals surface area contributed by atoms with Gasteiger partial charge >= 0.3 is 12.1 Å². The zero-order valence-electron chi connectivity index (χ0n) is 13.5. The molecule has 0 saturated carbocycles. The zero-order chi connectivity index (χ0) is 19.2. The van der Waals surface area contributed by atoms with E-state index in [-0.39, 0.29) is 11.4 Å². The number of aromatic nitrogens is 1. The van der Waals surface area contributed by atoms with Crippen molar-refractivity contribution < 1.29 is 41.3 Å². The van der Waals surface area contributed by atoms with Crippen LogP contribution in [0, 0.1) is 5.92 Å². The van der Waals surface area contributed by atoms with Gasteiger partial charge in [0.05, 0.1) is 7.11 Å². The van der Waals surface area contributed by atoms with E-state index < -0.39 is 47.8 Å². The Morgan fingerprint density at radius 2 is 2.00 bits per heavy atom. The Labute approximate surface area is 139 Å². The summed E-state index contributed by atoms with van der Waals surface area (Å²) < 4.78 is 75.5. The van der Waals surface area contributed by atoms with Crippen molar-refractivity contribution in [1.82, 2.24) is 4.98 Å². The first-order valence-corrected chi connectivity index (χ1v) is 7.24. The number of hydrogen-bond acceptors (Lipinski definition) is 4. The number of carboxylic acids is 1. The van der Waals surface area contributed by atoms with E-state index in [0.29, 0.717) is 0 Å². The Morgan fingerprint density at radius 3 is 2.44 bits per heavy atom. The van der Waals surface area contributed by atoms with E-state index in [1.54, 1.807) is 0 Å². The lowest BCUT2D eigenvalue weighted by Gasteiger charge is -2.31. The van der Waals surface area contributed by atoms with Gasteiger partial charge in [0.15, 0.2) is 11.7 Å². The summed E-state index contributed by atoms with van der Waals surface area (Å²) in [6, 6.07) is 2.04. The second-order valence-corrected chi connectivity index (χ2v) is 5.93. The number of hydrogen-bond donors (Lipinski definition) is 1. The minimum atomic E-state index is -4.82. The van der Waals surface area contributed by atoms with Gasteiger partial charge in [0.25, 0.3) is 6.43 Å². The fourth-order valence-electron chi connectivity index (χ4n) is 3.01. The molecule has 4 atom stereocenters. The maximum atomic E-state index is 13.4. The van der Waals surface area contributed by atoms with E-state index in [0.717, 1.165) is 26.2 Å². The molecule has 5 nitrogen and oxygen atoms in total. The van der Waals surface area contributed by atoms with Gasteiger partial charge in [-0.2, -0.15) is 13.2 Å². The summed E-state index contributed by atoms with van der Waals surface area (Å²) in [5.41, 5.74) is -3.37. The predicted molar refractivity (Wildman–Crippen MR) is 74.6 cm³/mol. The maximum absolute atomic E-state index is 13.4. The quantitative estimate of drug-likeness (QED) is 0.822. The normalized spacial score (nSPS) is 29.9. The number of pyridine rings is 1. The van der Waals surface area contributed by atoms with Gasteiger partial charge in [0.2, 0.25) is 5.88 Å². The summed E-state index contributed by atoms with van der Waals surface area (Å²) in [4.78, 5) is 15.0. The molecule has 2 rings (SSSR count). The van der Waals surface area contributed by atoms with E-state index in [1.165, 1.54) is 6.92 Å². The van der Waals surface area contributed by atoms with Gasteiger partial charge in [0.1, 0.15) is 5.69 Å². The number of aliphatic carboxylic acids is 1. The summed E-state index contributed by atoms with van der Waals surface area (Å²) in [5, 5.41) is 9.29. The van der Waals surface area contributed by atoms with Crippen LogP contribution in [0.1, 0.15) is 37.4 Å². The molecule has 1 aromatic heterocycles. The first kappa shape index (κ1) is 19.4. The van der Waals surface area contributed by atoms with Gasteiger partial charge < -0.3 is 14.6 Å². The summed E-state index contributed by atoms with van der Waals surface area (Å²) in [6.07, 6.45) is -9.55. The standard InChI is InChI=1S/C15H16F5NO4/c1-6-9(7-4-5-8(11(16)17)21-12(7)24-3)10(13(22)23)25-14(6,2)15(18,19)20/h4-6,9-11H,1-3H3,(H,22,23)/t6-,9-,10+,14+/m0/s1. The summed E-state index contributed by atoms with van der Waals surface area (Å²) >= 11 is 0. The number of ether oxygens (including phenoxy) is 2. The van der Waals surface area contributed by atoms with Crippen LogP contribution in [0.15, 0.2) is 12.1 Å². The van der Waals surface area contributed by atoms with Crippen molar-refractivity contribution in [1.29, 1.82) is 0 Å². The molecule has 0 unspecified atom stereocenters. The van der Waals surface area contributed by atoms with Gasteiger partial charge in [-0.3, -0.25) is 0 Å². The van der Waals surface area contributed by atoms with Crippen LogP contribution in [0.4, 0.5) is 22.0 Å². The SMILES string of the molecule is COc1nc(C(F)F)ccc1[C@H]1[C@H](C(=O)O)O[C@@](C)(C(F)(F)F)[C@H]1C. The molecule has 0 aromatic carbocycles. The molecule has 0 spiro atoms. The van der Waals surface area contributed by atoms with Gasteiger partial charge in [-0.05, 0) is 13.0 Å². The van der Waals surface area contributed by atoms with Crippen LogP contribution in [-0.2, 0) is 9.53 Å². The fraction of sp³-hybridized carbons (Fsp3) is 0.600. The van der Waals surface area contributed by atoms with Crippen LogP contribution in [-0.4, -0.2) is 41.1 Å². The number of rotatable bonds is 4. The zero-order valence-corrected chi connectivity index (χ0v) is 13.5. The van der Waals surface area contributed by atoms with Crippen LogP contribution < -0.4 is 4.74 Å². The molecular weight excluding hydrogens is 353 g/mol. The average molecular weight is 369 g/mol. The van der Waals surface area contributed by atoms with E-state index in [1.807, 2.05) is 0 Å². The number of nitrogens with zero attached hydrogens (tertiary/aromatic N) is 1. The minimum Gasteiger partial charge on any atom is -0.481 e. The van der Waals surface area contributed by atoms with Crippen LogP contribution >= 0.6 is 0 Å². The molecule has 0 bridgehead atoms. The van der Waals surface area contributed by atoms with Crippen molar-refractivity contribution in [2.45, 2.75) is 44.1 Å². The Kier molecular flexibility index (Phi) is 4.95. The third kappa shape index (κ3) is 3.14. The fourth-order valence-corrected chi connectivity index (χ4v) is 3.01. The van der Waals surface area contributed by atoms with E-state index in [9.17, 15) is 31.9 Å². The van der Waals surface area contributed by atoms with Crippen molar-refractivity contribution in [3.8, 4) is 5.88 Å². The molecule has 2 heterocycles. The maximum Gasteiger partial charge on any atom is 0.417 e. The second-order valence-electron chi connectivity index (χ2n) is 5.93. The predicted octanol–water partition coefficient (Wildman–Crippen LogP) is 3.55. The first-order valence-electron chi connectivity index (χ1n) is 7.24. The van der Waals surface area contributed by atoms with Gasteiger partial charge in [-0.25, -0.2) is 18.6 Å². The van der Waals surface area contributed by atoms with Crippen molar-refractivity contribution >= 4 is 5.97 Å². The molecular formula is C15H16F5NO4. The number of halogens is 5. The molecule has 0 aliphatic carbocycles. The van der Waals surface area contributed by atoms with Crippen molar-refractivity contribution in [2.75, 3.05) is 7.11 Å². The molecule has 140 valence electrons. The van der Waals surface area contributed by atoms with Crippen LogP contribution in [0.5, 0.6) is 5.88 Å². The molecule has 1 fully saturated rings. The summed E-state index contributed by atoms with van der Waals surface area (Å²) in [7, 11) is 1.11. The van der Waals surface area contributed by atoms with E-state index in [4.69, 9.17) is 9.47 Å². The topological polar surface area (TPSA) is 68.7 Å². The molecule has 1 saturated heterocycles. The highest BCUT2D eigenvalue weighted by molar-refractivity contribution is 5.75. The lowest BCUT2D eigenvalue weighted by molar-refractivity contribution is -0.273. The smallest absolute Gasteiger partial charge is 0.417 e.